The number of halogens is 3. The molecular weight excluding hydrogens is 571 g/mol. The molecule has 10 heteroatoms. The van der Waals surface area contributed by atoms with Gasteiger partial charge in [0.2, 0.25) is 0 Å². The van der Waals surface area contributed by atoms with Crippen LogP contribution in [0.25, 0.3) is 6.08 Å². The van der Waals surface area contributed by atoms with Crippen LogP contribution >= 0.6 is 39.1 Å². The maximum absolute atomic E-state index is 13.2. The third-order valence-electron chi connectivity index (χ3n) is 5.13. The van der Waals surface area contributed by atoms with Crippen LogP contribution in [-0.2, 0) is 16.2 Å². The van der Waals surface area contributed by atoms with Crippen LogP contribution in [-0.4, -0.2) is 24.5 Å². The van der Waals surface area contributed by atoms with Gasteiger partial charge in [-0.1, -0.05) is 63.4 Å². The van der Waals surface area contributed by atoms with Gasteiger partial charge in [-0.2, -0.15) is 0 Å². The number of barbiturate groups is 1. The third kappa shape index (κ3) is 5.56. The molecule has 1 aliphatic rings. The minimum Gasteiger partial charge on any atom is -0.490 e. The Labute approximate surface area is 225 Å². The largest absolute Gasteiger partial charge is 0.490 e. The summed E-state index contributed by atoms with van der Waals surface area (Å²) in [6.07, 6.45) is 1.33. The van der Waals surface area contributed by atoms with E-state index in [4.69, 9.17) is 32.7 Å². The number of carbonyl (C=O) groups is 3. The minimum absolute atomic E-state index is 0.157. The van der Waals surface area contributed by atoms with E-state index in [1.54, 1.807) is 30.3 Å². The predicted molar refractivity (Wildman–Crippen MR) is 142 cm³/mol. The molecule has 0 aromatic heterocycles. The average Bonchev–Trinajstić information content (AvgIpc) is 2.83. The molecule has 1 heterocycles. The van der Waals surface area contributed by atoms with E-state index in [1.807, 2.05) is 31.2 Å². The second-order valence-corrected chi connectivity index (χ2v) is 9.32. The Morgan fingerprint density at radius 3 is 2.39 bits per heavy atom. The van der Waals surface area contributed by atoms with E-state index in [9.17, 15) is 14.4 Å². The number of anilines is 1. The first-order chi connectivity index (χ1) is 17.3. The summed E-state index contributed by atoms with van der Waals surface area (Å²) in [5.41, 5.74) is 1.23. The van der Waals surface area contributed by atoms with E-state index in [0.717, 1.165) is 14.9 Å². The molecule has 4 rings (SSSR count). The molecule has 0 saturated carbocycles. The number of hydrogen-bond acceptors (Lipinski definition) is 5. The van der Waals surface area contributed by atoms with E-state index in [1.165, 1.54) is 12.1 Å². The zero-order valence-electron chi connectivity index (χ0n) is 18.9. The van der Waals surface area contributed by atoms with Gasteiger partial charge in [-0.3, -0.25) is 14.9 Å². The van der Waals surface area contributed by atoms with E-state index in [0.29, 0.717) is 23.7 Å². The van der Waals surface area contributed by atoms with Crippen molar-refractivity contribution in [2.24, 2.45) is 0 Å². The van der Waals surface area contributed by atoms with Gasteiger partial charge in [0, 0.05) is 4.47 Å². The Morgan fingerprint density at radius 1 is 0.972 bits per heavy atom. The molecule has 184 valence electrons. The lowest BCUT2D eigenvalue weighted by Gasteiger charge is -2.27. The first-order valence-corrected chi connectivity index (χ1v) is 12.3. The van der Waals surface area contributed by atoms with E-state index < -0.39 is 17.8 Å². The fourth-order valence-corrected chi connectivity index (χ4v) is 4.24. The van der Waals surface area contributed by atoms with Gasteiger partial charge in [0.05, 0.1) is 22.3 Å². The van der Waals surface area contributed by atoms with Gasteiger partial charge in [0.15, 0.2) is 11.5 Å². The summed E-state index contributed by atoms with van der Waals surface area (Å²) >= 11 is 16.1. The molecule has 0 atom stereocenters. The maximum Gasteiger partial charge on any atom is 0.335 e. The van der Waals surface area contributed by atoms with Crippen molar-refractivity contribution in [3.8, 4) is 11.5 Å². The van der Waals surface area contributed by atoms with Crippen molar-refractivity contribution in [3.63, 3.8) is 0 Å². The first kappa shape index (κ1) is 25.8. The van der Waals surface area contributed by atoms with Crippen LogP contribution in [0.5, 0.6) is 11.5 Å². The van der Waals surface area contributed by atoms with Gasteiger partial charge in [-0.25, -0.2) is 9.69 Å². The van der Waals surface area contributed by atoms with E-state index in [2.05, 4.69) is 21.2 Å². The Kier molecular flexibility index (Phi) is 7.98. The molecule has 0 bridgehead atoms. The Balaban J connectivity index is 1.66. The van der Waals surface area contributed by atoms with Gasteiger partial charge in [-0.15, -0.1) is 0 Å². The van der Waals surface area contributed by atoms with Gasteiger partial charge in [-0.05, 0) is 60.5 Å². The molecule has 1 aliphatic heterocycles. The predicted octanol–water partition coefficient (Wildman–Crippen LogP) is 6.40. The van der Waals surface area contributed by atoms with Gasteiger partial charge in [0.1, 0.15) is 12.2 Å². The summed E-state index contributed by atoms with van der Waals surface area (Å²) in [5.74, 6) is -0.980. The monoisotopic (exact) mass is 588 g/mol. The van der Waals surface area contributed by atoms with Crippen LogP contribution in [0, 0.1) is 0 Å². The highest BCUT2D eigenvalue weighted by molar-refractivity contribution is 9.10. The zero-order valence-corrected chi connectivity index (χ0v) is 22.0. The van der Waals surface area contributed by atoms with E-state index in [-0.39, 0.29) is 27.9 Å². The average molecular weight is 590 g/mol. The first-order valence-electron chi connectivity index (χ1n) is 10.8. The van der Waals surface area contributed by atoms with Crippen molar-refractivity contribution in [2.45, 2.75) is 13.5 Å². The van der Waals surface area contributed by atoms with Crippen LogP contribution in [0.3, 0.4) is 0 Å². The number of amides is 4. The fraction of sp³-hybridized carbons (Fsp3) is 0.115. The molecule has 3 aromatic rings. The van der Waals surface area contributed by atoms with Gasteiger partial charge < -0.3 is 9.47 Å². The van der Waals surface area contributed by atoms with Crippen molar-refractivity contribution >= 4 is 68.7 Å². The standard InChI is InChI=1S/C26H19BrCl2N2O5/c1-2-35-22-13-16(12-20(29)23(22)36-14-15-7-9-17(27)10-8-15)11-18-24(32)30-26(34)31(25(18)33)21-6-4-3-5-19(21)28/h3-13H,2,14H2,1H3,(H,30,32,34)/b18-11+. The number of benzene rings is 3. The highest BCUT2D eigenvalue weighted by Crippen LogP contribution is 2.38. The Morgan fingerprint density at radius 2 is 1.69 bits per heavy atom. The molecule has 1 saturated heterocycles. The third-order valence-corrected chi connectivity index (χ3v) is 6.26. The summed E-state index contributed by atoms with van der Waals surface area (Å²) < 4.78 is 12.6. The van der Waals surface area contributed by atoms with Crippen molar-refractivity contribution in [3.05, 3.63) is 91.9 Å². The number of nitrogens with one attached hydrogen (secondary N) is 1. The molecule has 36 heavy (non-hydrogen) atoms. The molecule has 3 aromatic carbocycles. The number of nitrogens with zero attached hydrogens (tertiary/aromatic N) is 1. The minimum atomic E-state index is -0.889. The van der Waals surface area contributed by atoms with Crippen molar-refractivity contribution in [1.29, 1.82) is 0 Å². The number of carbonyl (C=O) groups excluding carboxylic acids is 3. The lowest BCUT2D eigenvalue weighted by molar-refractivity contribution is -0.122. The summed E-state index contributed by atoms with van der Waals surface area (Å²) in [4.78, 5) is 39.0. The van der Waals surface area contributed by atoms with Crippen molar-refractivity contribution in [1.82, 2.24) is 5.32 Å². The number of imide groups is 2. The molecule has 7 nitrogen and oxygen atoms in total. The molecule has 0 radical (unpaired) electrons. The molecule has 0 spiro atoms. The molecule has 4 amide bonds. The SMILES string of the molecule is CCOc1cc(/C=C2\C(=O)NC(=O)N(c3ccccc3Cl)C2=O)cc(Cl)c1OCc1ccc(Br)cc1. The van der Waals surface area contributed by atoms with Gasteiger partial charge in [0.25, 0.3) is 11.8 Å². The zero-order chi connectivity index (χ0) is 25.8. The topological polar surface area (TPSA) is 84.9 Å². The number of rotatable bonds is 7. The summed E-state index contributed by atoms with van der Waals surface area (Å²) in [5, 5.41) is 2.59. The number of hydrogen-bond donors (Lipinski definition) is 1. The van der Waals surface area contributed by atoms with Crippen LogP contribution in [0.1, 0.15) is 18.1 Å². The lowest BCUT2D eigenvalue weighted by atomic mass is 10.1. The lowest BCUT2D eigenvalue weighted by Crippen LogP contribution is -2.54. The summed E-state index contributed by atoms with van der Waals surface area (Å²) in [7, 11) is 0. The Bertz CT molecular complexity index is 1380. The number of ether oxygens (including phenoxy) is 2. The highest BCUT2D eigenvalue weighted by atomic mass is 79.9. The normalized spacial score (nSPS) is 14.7. The maximum atomic E-state index is 13.2. The van der Waals surface area contributed by atoms with Crippen molar-refractivity contribution in [2.75, 3.05) is 11.5 Å². The fourth-order valence-electron chi connectivity index (χ4n) is 3.49. The number of para-hydroxylation sites is 1. The number of urea groups is 1. The molecule has 1 N–H and O–H groups in total. The van der Waals surface area contributed by atoms with Crippen molar-refractivity contribution < 1.29 is 23.9 Å². The van der Waals surface area contributed by atoms with Crippen LogP contribution in [0.15, 0.2) is 70.7 Å². The highest BCUT2D eigenvalue weighted by Gasteiger charge is 2.37. The van der Waals surface area contributed by atoms with Crippen LogP contribution in [0.2, 0.25) is 10.0 Å². The summed E-state index contributed by atoms with van der Waals surface area (Å²) in [6, 6.07) is 16.2. The second-order valence-electron chi connectivity index (χ2n) is 7.59. The van der Waals surface area contributed by atoms with Gasteiger partial charge >= 0.3 is 6.03 Å². The van der Waals surface area contributed by atoms with Crippen LogP contribution < -0.4 is 19.7 Å². The molecular formula is C26H19BrCl2N2O5. The molecule has 0 aliphatic carbocycles. The van der Waals surface area contributed by atoms with Crippen LogP contribution in [0.4, 0.5) is 10.5 Å². The smallest absolute Gasteiger partial charge is 0.335 e. The van der Waals surface area contributed by atoms with E-state index >= 15 is 0 Å². The quantitative estimate of drug-likeness (QED) is 0.255. The molecule has 0 unspecified atom stereocenters. The summed E-state index contributed by atoms with van der Waals surface area (Å²) in [6.45, 7) is 2.39. The second kappa shape index (κ2) is 11.2. The Hall–Kier alpha value is -3.33. The molecule has 1 fully saturated rings.